The molecule has 0 amide bonds. The van der Waals surface area contributed by atoms with E-state index < -0.39 is 15.8 Å². The Morgan fingerprint density at radius 1 is 0.922 bits per heavy atom. The summed E-state index contributed by atoms with van der Waals surface area (Å²) < 4.78 is 24.0. The molecule has 282 valence electrons. The molecule has 1 heterocycles. The van der Waals surface area contributed by atoms with Gasteiger partial charge >= 0.3 is 5.97 Å². The minimum Gasteiger partial charge on any atom is -0.478 e. The number of hydrogen-bond donors (Lipinski definition) is 1. The molecule has 4 saturated carbocycles. The quantitative estimate of drug-likeness (QED) is 0.271. The molecule has 1 N–H and O–H groups in total. The second kappa shape index (κ2) is 12.8. The Morgan fingerprint density at radius 3 is 2.25 bits per heavy atom. The Labute approximate surface area is 309 Å². The summed E-state index contributed by atoms with van der Waals surface area (Å²) in [6, 6.07) is 7.61. The summed E-state index contributed by atoms with van der Waals surface area (Å²) >= 11 is 0. The third-order valence-corrected chi connectivity index (χ3v) is 18.7. The van der Waals surface area contributed by atoms with E-state index >= 15 is 0 Å². The van der Waals surface area contributed by atoms with Crippen molar-refractivity contribution in [3.05, 3.63) is 53.6 Å². The van der Waals surface area contributed by atoms with Crippen molar-refractivity contribution >= 4 is 21.4 Å². The van der Waals surface area contributed by atoms with Gasteiger partial charge in [-0.05, 0) is 152 Å². The second-order valence-electron chi connectivity index (χ2n) is 19.7. The second-order valence-corrected chi connectivity index (χ2v) is 22.0. The van der Waals surface area contributed by atoms with Crippen molar-refractivity contribution < 1.29 is 18.3 Å². The van der Waals surface area contributed by atoms with Crippen molar-refractivity contribution in [2.75, 3.05) is 51.3 Å². The fourth-order valence-corrected chi connectivity index (χ4v) is 15.6. The van der Waals surface area contributed by atoms with Gasteiger partial charge in [0.2, 0.25) is 0 Å². The summed E-state index contributed by atoms with van der Waals surface area (Å²) in [4.78, 5) is 16.5. The van der Waals surface area contributed by atoms with Gasteiger partial charge in [-0.25, -0.2) is 13.2 Å². The summed E-state index contributed by atoms with van der Waals surface area (Å²) in [5.74, 6) is 3.03. The number of sulfone groups is 1. The van der Waals surface area contributed by atoms with Gasteiger partial charge in [0.15, 0.2) is 9.84 Å². The SMILES string of the molecule is C=C(C)[C@@H]1CC[C@]2(CN(C)CCN3CCS(=O)(=O)CC3)CC[C@]3(C)[C@H](CC[C@@H]4[C@@]5(C)CC=C(c6ccc(C(=O)O)cc6)C(C)(C)[C@@H]5CC[C@]43C)[C@@H]12. The van der Waals surface area contributed by atoms with Gasteiger partial charge in [-0.1, -0.05) is 65.0 Å². The lowest BCUT2D eigenvalue weighted by molar-refractivity contribution is -0.226. The lowest BCUT2D eigenvalue weighted by atomic mass is 9.32. The molecule has 5 aliphatic carbocycles. The van der Waals surface area contributed by atoms with Crippen molar-refractivity contribution in [2.45, 2.75) is 99.3 Å². The standard InChI is InChI=1S/C44H66N2O4S/c1-30(2)33-15-20-44(29-45(8)23-24-46-25-27-51(49,50)28-26-46)22-21-42(6)35(38(33)44)13-14-37-41(5)18-16-34(31-9-11-32(12-10-31)39(47)48)40(3,4)36(41)17-19-43(37,42)7/h9-12,16,33,35-38H,1,13-15,17-29H2,2-8H3,(H,47,48)/t33-,35+,36-,37+,38+,41-,42+,43+,44+/m0/s1. The van der Waals surface area contributed by atoms with Crippen LogP contribution in [0.25, 0.3) is 5.57 Å². The summed E-state index contributed by atoms with van der Waals surface area (Å²) in [5, 5.41) is 9.50. The third-order valence-electron chi connectivity index (χ3n) is 17.1. The van der Waals surface area contributed by atoms with Crippen LogP contribution >= 0.6 is 0 Å². The van der Waals surface area contributed by atoms with Crippen molar-refractivity contribution in [3.8, 4) is 0 Å². The van der Waals surface area contributed by atoms with E-state index in [1.165, 1.54) is 68.1 Å². The number of benzene rings is 1. The Hall–Kier alpha value is -1.96. The van der Waals surface area contributed by atoms with E-state index in [0.717, 1.165) is 26.1 Å². The highest BCUT2D eigenvalue weighted by atomic mass is 32.2. The molecule has 5 fully saturated rings. The number of fused-ring (bicyclic) bond motifs is 7. The van der Waals surface area contributed by atoms with E-state index in [0.29, 0.717) is 76.0 Å². The molecular weight excluding hydrogens is 653 g/mol. The molecule has 0 aromatic heterocycles. The van der Waals surface area contributed by atoms with Crippen LogP contribution in [0.5, 0.6) is 0 Å². The average Bonchev–Trinajstić information content (AvgIpc) is 3.44. The van der Waals surface area contributed by atoms with Gasteiger partial charge in [0, 0.05) is 32.7 Å². The normalized spacial score (nSPS) is 41.5. The molecule has 0 spiro atoms. The van der Waals surface area contributed by atoms with Crippen molar-refractivity contribution in [3.63, 3.8) is 0 Å². The van der Waals surface area contributed by atoms with Crippen LogP contribution in [0, 0.1) is 56.7 Å². The van der Waals surface area contributed by atoms with Gasteiger partial charge < -0.3 is 14.9 Å². The third kappa shape index (κ3) is 5.93. The first kappa shape index (κ1) is 37.4. The van der Waals surface area contributed by atoms with Crippen LogP contribution in [-0.4, -0.2) is 80.6 Å². The van der Waals surface area contributed by atoms with Crippen molar-refractivity contribution in [1.29, 1.82) is 0 Å². The first-order valence-electron chi connectivity index (χ1n) is 20.2. The van der Waals surface area contributed by atoms with Gasteiger partial charge in [0.1, 0.15) is 0 Å². The lowest BCUT2D eigenvalue weighted by Gasteiger charge is -2.72. The van der Waals surface area contributed by atoms with Gasteiger partial charge in [-0.2, -0.15) is 0 Å². The Balaban J connectivity index is 1.13. The number of allylic oxidation sites excluding steroid dienone is 3. The van der Waals surface area contributed by atoms with Crippen LogP contribution in [-0.2, 0) is 9.84 Å². The molecule has 1 aromatic carbocycles. The smallest absolute Gasteiger partial charge is 0.335 e. The number of nitrogens with zero attached hydrogens (tertiary/aromatic N) is 2. The highest BCUT2D eigenvalue weighted by molar-refractivity contribution is 7.91. The number of likely N-dealkylation sites (N-methyl/N-ethyl adjacent to an activating group) is 1. The van der Waals surface area contributed by atoms with E-state index in [-0.39, 0.29) is 10.8 Å². The van der Waals surface area contributed by atoms with Gasteiger partial charge in [0.05, 0.1) is 17.1 Å². The highest BCUT2D eigenvalue weighted by Gasteiger charge is 2.70. The zero-order valence-electron chi connectivity index (χ0n) is 32.8. The molecule has 1 aromatic rings. The highest BCUT2D eigenvalue weighted by Crippen LogP contribution is 2.77. The van der Waals surface area contributed by atoms with Gasteiger partial charge in [-0.15, -0.1) is 0 Å². The largest absolute Gasteiger partial charge is 0.478 e. The summed E-state index contributed by atoms with van der Waals surface area (Å²) in [6.07, 6.45) is 14.1. The molecule has 0 unspecified atom stereocenters. The van der Waals surface area contributed by atoms with Crippen molar-refractivity contribution in [1.82, 2.24) is 9.80 Å². The summed E-state index contributed by atoms with van der Waals surface area (Å²) in [5.41, 5.74) is 5.51. The predicted octanol–water partition coefficient (Wildman–Crippen LogP) is 8.70. The zero-order chi connectivity index (χ0) is 36.8. The number of carboxylic acid groups (broad SMARTS) is 1. The maximum Gasteiger partial charge on any atom is 0.335 e. The summed E-state index contributed by atoms with van der Waals surface area (Å²) in [7, 11) is -0.531. The number of aromatic carboxylic acids is 1. The van der Waals surface area contributed by atoms with Gasteiger partial charge in [0.25, 0.3) is 0 Å². The minimum atomic E-state index is -2.85. The molecular formula is C44H66N2O4S. The van der Waals surface area contributed by atoms with Crippen molar-refractivity contribution in [2.24, 2.45) is 56.7 Å². The zero-order valence-corrected chi connectivity index (χ0v) is 33.6. The van der Waals surface area contributed by atoms with E-state index in [9.17, 15) is 18.3 Å². The molecule has 7 heteroatoms. The molecule has 6 aliphatic rings. The number of hydrogen-bond acceptors (Lipinski definition) is 5. The van der Waals surface area contributed by atoms with E-state index in [4.69, 9.17) is 0 Å². The van der Waals surface area contributed by atoms with Crippen LogP contribution in [0.3, 0.4) is 0 Å². The molecule has 51 heavy (non-hydrogen) atoms. The topological polar surface area (TPSA) is 77.9 Å². The molecule has 0 radical (unpaired) electrons. The Morgan fingerprint density at radius 2 is 1.61 bits per heavy atom. The predicted molar refractivity (Wildman–Crippen MR) is 208 cm³/mol. The number of carbonyl (C=O) groups is 1. The maximum atomic E-state index is 12.0. The monoisotopic (exact) mass is 718 g/mol. The minimum absolute atomic E-state index is 0.0160. The average molecular weight is 719 g/mol. The fraction of sp³-hybridized carbons (Fsp3) is 0.750. The van der Waals surface area contributed by atoms with Crippen LogP contribution < -0.4 is 0 Å². The maximum absolute atomic E-state index is 12.0. The van der Waals surface area contributed by atoms with E-state index in [2.05, 4.69) is 71.0 Å². The molecule has 0 bridgehead atoms. The first-order valence-corrected chi connectivity index (χ1v) is 22.0. The first-order chi connectivity index (χ1) is 23.9. The Kier molecular flexibility index (Phi) is 9.40. The molecule has 1 aliphatic heterocycles. The van der Waals surface area contributed by atoms with Crippen LogP contribution in [0.15, 0.2) is 42.5 Å². The molecule has 1 saturated heterocycles. The van der Waals surface area contributed by atoms with Crippen LogP contribution in [0.1, 0.15) is 115 Å². The van der Waals surface area contributed by atoms with E-state index in [1.54, 1.807) is 12.1 Å². The van der Waals surface area contributed by atoms with E-state index in [1.807, 2.05) is 12.1 Å². The summed E-state index contributed by atoms with van der Waals surface area (Å²) in [6.45, 7) is 24.4. The number of rotatable bonds is 8. The lowest BCUT2D eigenvalue weighted by Crippen LogP contribution is -2.66. The fourth-order valence-electron chi connectivity index (χ4n) is 14.4. The molecule has 9 atom stereocenters. The Bertz CT molecular complexity index is 1670. The van der Waals surface area contributed by atoms with Gasteiger partial charge in [-0.3, -0.25) is 0 Å². The molecule has 6 nitrogen and oxygen atoms in total. The number of carboxylic acids is 1. The van der Waals surface area contributed by atoms with Crippen LogP contribution in [0.4, 0.5) is 0 Å². The molecule has 7 rings (SSSR count). The van der Waals surface area contributed by atoms with Crippen LogP contribution in [0.2, 0.25) is 0 Å².